The summed E-state index contributed by atoms with van der Waals surface area (Å²) in [6.07, 6.45) is 0.640. The number of aliphatic imine (C=N–C) groups is 1. The number of carbonyl (C=O) groups is 1. The smallest absolute Gasteiger partial charge is 0.242 e. The maximum Gasteiger partial charge on any atom is 0.242 e. The molecule has 1 atom stereocenters. The van der Waals surface area contributed by atoms with Crippen LogP contribution in [0.5, 0.6) is 5.75 Å². The van der Waals surface area contributed by atoms with Gasteiger partial charge in [-0.3, -0.25) is 9.79 Å². The van der Waals surface area contributed by atoms with Crippen molar-refractivity contribution >= 4 is 47.2 Å². The summed E-state index contributed by atoms with van der Waals surface area (Å²) in [4.78, 5) is 19.8. The van der Waals surface area contributed by atoms with Gasteiger partial charge in [0.05, 0.1) is 13.1 Å². The third-order valence-corrected chi connectivity index (χ3v) is 5.54. The molecule has 1 aromatic carbocycles. The highest BCUT2D eigenvalue weighted by molar-refractivity contribution is 14.0. The zero-order valence-electron chi connectivity index (χ0n) is 16.5. The lowest BCUT2D eigenvalue weighted by Crippen LogP contribution is -2.47. The van der Waals surface area contributed by atoms with Crippen LogP contribution < -0.4 is 15.4 Å². The number of guanidine groups is 1. The van der Waals surface area contributed by atoms with Crippen LogP contribution >= 0.6 is 35.3 Å². The van der Waals surface area contributed by atoms with Crippen LogP contribution in [0.25, 0.3) is 0 Å². The average Bonchev–Trinajstić information content (AvgIpc) is 3.17. The predicted octanol–water partition coefficient (Wildman–Crippen LogP) is 3.02. The first-order valence-corrected chi connectivity index (χ1v) is 10.1. The van der Waals surface area contributed by atoms with Gasteiger partial charge in [-0.05, 0) is 42.5 Å². The molecule has 2 N–H and O–H groups in total. The van der Waals surface area contributed by atoms with Crippen LogP contribution in [0.3, 0.4) is 0 Å². The lowest BCUT2D eigenvalue weighted by Gasteiger charge is -2.27. The second kappa shape index (κ2) is 11.3. The minimum absolute atomic E-state index is 0. The summed E-state index contributed by atoms with van der Waals surface area (Å²) in [5.74, 6) is 0.367. The summed E-state index contributed by atoms with van der Waals surface area (Å²) in [6.45, 7) is 3.84. The highest BCUT2D eigenvalue weighted by atomic mass is 127. The Morgan fingerprint density at radius 3 is 2.90 bits per heavy atom. The molecule has 2 aromatic rings. The van der Waals surface area contributed by atoms with Crippen LogP contribution in [0.4, 0.5) is 4.39 Å². The third kappa shape index (κ3) is 6.56. The molecular weight excluding hydrogens is 506 g/mol. The van der Waals surface area contributed by atoms with Gasteiger partial charge in [-0.2, -0.15) is 0 Å². The second-order valence-electron chi connectivity index (χ2n) is 6.60. The van der Waals surface area contributed by atoms with Crippen LogP contribution in [-0.4, -0.2) is 49.6 Å². The molecule has 0 bridgehead atoms. The Balaban J connectivity index is 0.00000300. The summed E-state index contributed by atoms with van der Waals surface area (Å²) < 4.78 is 19.2. The Labute approximate surface area is 191 Å². The van der Waals surface area contributed by atoms with Crippen LogP contribution in [-0.2, 0) is 17.8 Å². The first-order valence-electron chi connectivity index (χ1n) is 9.25. The first kappa shape index (κ1) is 23.4. The molecule has 3 rings (SSSR count). The van der Waals surface area contributed by atoms with Gasteiger partial charge < -0.3 is 20.3 Å². The number of thiophene rings is 1. The number of nitrogens with zero attached hydrogens (tertiary/aromatic N) is 2. The van der Waals surface area contributed by atoms with Crippen molar-refractivity contribution in [3.63, 3.8) is 0 Å². The van der Waals surface area contributed by atoms with E-state index in [4.69, 9.17) is 4.74 Å². The largest absolute Gasteiger partial charge is 0.486 e. The fourth-order valence-electron chi connectivity index (χ4n) is 2.99. The molecule has 29 heavy (non-hydrogen) atoms. The monoisotopic (exact) mass is 532 g/mol. The van der Waals surface area contributed by atoms with Gasteiger partial charge >= 0.3 is 0 Å². The molecule has 1 aromatic heterocycles. The summed E-state index contributed by atoms with van der Waals surface area (Å²) in [6, 6.07) is 8.39. The van der Waals surface area contributed by atoms with Crippen molar-refractivity contribution in [1.82, 2.24) is 15.5 Å². The number of amides is 1. The van der Waals surface area contributed by atoms with E-state index in [1.165, 1.54) is 16.5 Å². The van der Waals surface area contributed by atoms with Crippen molar-refractivity contribution < 1.29 is 13.9 Å². The quantitative estimate of drug-likeness (QED) is 0.341. The van der Waals surface area contributed by atoms with Gasteiger partial charge in [0.2, 0.25) is 5.91 Å². The Morgan fingerprint density at radius 2 is 2.14 bits per heavy atom. The van der Waals surface area contributed by atoms with Crippen LogP contribution in [0, 0.1) is 5.82 Å². The van der Waals surface area contributed by atoms with E-state index < -0.39 is 5.82 Å². The zero-order valence-corrected chi connectivity index (χ0v) is 19.6. The van der Waals surface area contributed by atoms with Crippen LogP contribution in [0.1, 0.15) is 17.4 Å². The molecule has 0 saturated heterocycles. The highest BCUT2D eigenvalue weighted by Gasteiger charge is 2.21. The van der Waals surface area contributed by atoms with Gasteiger partial charge in [0.15, 0.2) is 17.5 Å². The summed E-state index contributed by atoms with van der Waals surface area (Å²) in [7, 11) is 1.64. The van der Waals surface area contributed by atoms with Crippen molar-refractivity contribution in [1.29, 1.82) is 0 Å². The fourth-order valence-corrected chi connectivity index (χ4v) is 3.88. The maximum absolute atomic E-state index is 13.7. The molecule has 1 aliphatic rings. The first-order chi connectivity index (χ1) is 13.6. The van der Waals surface area contributed by atoms with Crippen LogP contribution in [0.15, 0.2) is 40.7 Å². The van der Waals surface area contributed by atoms with Gasteiger partial charge in [-0.15, -0.1) is 35.3 Å². The number of fused-ring (bicyclic) bond motifs is 1. The normalized spacial score (nSPS) is 14.4. The van der Waals surface area contributed by atoms with E-state index in [-0.39, 0.29) is 48.3 Å². The SMILES string of the molecule is CN=C(NCC(=O)N1CCc2sccc2C1)NCC(C)Oc1ccccc1F.I. The van der Waals surface area contributed by atoms with E-state index in [9.17, 15) is 9.18 Å². The highest BCUT2D eigenvalue weighted by Crippen LogP contribution is 2.23. The molecule has 9 heteroatoms. The molecule has 0 spiro atoms. The maximum atomic E-state index is 13.7. The van der Waals surface area contributed by atoms with Crippen molar-refractivity contribution in [2.45, 2.75) is 26.0 Å². The number of ether oxygens (including phenoxy) is 1. The van der Waals surface area contributed by atoms with Gasteiger partial charge in [-0.25, -0.2) is 4.39 Å². The molecule has 2 heterocycles. The van der Waals surface area contributed by atoms with Gasteiger partial charge in [0.25, 0.3) is 0 Å². The van der Waals surface area contributed by atoms with Crippen molar-refractivity contribution in [3.05, 3.63) is 52.0 Å². The van der Waals surface area contributed by atoms with Gasteiger partial charge in [-0.1, -0.05) is 12.1 Å². The molecule has 6 nitrogen and oxygen atoms in total. The zero-order chi connectivity index (χ0) is 19.9. The molecule has 0 fully saturated rings. The van der Waals surface area contributed by atoms with E-state index in [1.807, 2.05) is 11.8 Å². The molecular formula is C20H26FIN4O2S. The fraction of sp³-hybridized carbons (Fsp3) is 0.400. The number of rotatable bonds is 6. The molecule has 0 aliphatic carbocycles. The number of para-hydroxylation sites is 1. The molecule has 1 unspecified atom stereocenters. The van der Waals surface area contributed by atoms with Gasteiger partial charge in [0.1, 0.15) is 6.10 Å². The molecule has 1 aliphatic heterocycles. The number of benzene rings is 1. The lowest BCUT2D eigenvalue weighted by molar-refractivity contribution is -0.130. The van der Waals surface area contributed by atoms with Crippen molar-refractivity contribution in [3.8, 4) is 5.75 Å². The summed E-state index contributed by atoms with van der Waals surface area (Å²) >= 11 is 1.75. The Morgan fingerprint density at radius 1 is 1.34 bits per heavy atom. The van der Waals surface area contributed by atoms with Crippen molar-refractivity contribution in [2.75, 3.05) is 26.7 Å². The topological polar surface area (TPSA) is 66.0 Å². The van der Waals surface area contributed by atoms with E-state index in [0.717, 1.165) is 13.0 Å². The average molecular weight is 532 g/mol. The van der Waals surface area contributed by atoms with Crippen LogP contribution in [0.2, 0.25) is 0 Å². The molecule has 0 radical (unpaired) electrons. The van der Waals surface area contributed by atoms with E-state index in [0.29, 0.717) is 19.0 Å². The second-order valence-corrected chi connectivity index (χ2v) is 7.60. The summed E-state index contributed by atoms with van der Waals surface area (Å²) in [5.41, 5.74) is 1.24. The van der Waals surface area contributed by atoms with Gasteiger partial charge in [0, 0.05) is 25.0 Å². The number of carbonyl (C=O) groups excluding carboxylic acids is 1. The number of hydrogen-bond donors (Lipinski definition) is 2. The molecule has 158 valence electrons. The predicted molar refractivity (Wildman–Crippen MR) is 125 cm³/mol. The molecule has 1 amide bonds. The minimum atomic E-state index is -0.391. The Hall–Kier alpha value is -1.88. The summed E-state index contributed by atoms with van der Waals surface area (Å²) in [5, 5.41) is 8.21. The van der Waals surface area contributed by atoms with Crippen molar-refractivity contribution in [2.24, 2.45) is 4.99 Å². The number of halogens is 2. The number of nitrogens with one attached hydrogen (secondary N) is 2. The molecule has 0 saturated carbocycles. The Kier molecular flexibility index (Phi) is 9.15. The minimum Gasteiger partial charge on any atom is -0.486 e. The van der Waals surface area contributed by atoms with E-state index in [2.05, 4.69) is 27.1 Å². The van der Waals surface area contributed by atoms with E-state index in [1.54, 1.807) is 36.6 Å². The third-order valence-electron chi connectivity index (χ3n) is 4.51. The number of hydrogen-bond acceptors (Lipinski definition) is 4. The van der Waals surface area contributed by atoms with E-state index >= 15 is 0 Å². The Bertz CT molecular complexity index is 845. The standard InChI is InChI=1S/C20H25FN4O2S.HI/c1-14(27-17-6-4-3-5-16(17)21)11-23-20(22-2)24-12-19(26)25-9-7-18-15(13-25)8-10-28-18;/h3-6,8,10,14H,7,9,11-13H2,1-2H3,(H2,22,23,24);1H. The lowest BCUT2D eigenvalue weighted by atomic mass is 10.1.